The average molecular weight is 136 g/mol. The molecule has 2 rings (SSSR count). The Morgan fingerprint density at radius 2 is 1.36 bits per heavy atom. The maximum absolute atomic E-state index is 2.20. The minimum absolute atomic E-state index is 0. The van der Waals surface area contributed by atoms with Gasteiger partial charge in [-0.05, 0) is 18.8 Å². The van der Waals surface area contributed by atoms with E-state index in [0.717, 1.165) is 0 Å². The zero-order valence-corrected chi connectivity index (χ0v) is 6.96. The third kappa shape index (κ3) is 1.81. The van der Waals surface area contributed by atoms with Crippen molar-refractivity contribution in [3.05, 3.63) is 54.9 Å². The first-order chi connectivity index (χ1) is 4.86. The van der Waals surface area contributed by atoms with E-state index in [1.807, 2.05) is 0 Å². The van der Waals surface area contributed by atoms with Crippen LogP contribution < -0.4 is 18.9 Å². The first-order valence-corrected chi connectivity index (χ1v) is 3.48. The Hall–Kier alpha value is 0.0774. The van der Waals surface area contributed by atoms with Gasteiger partial charge in [0.2, 0.25) is 0 Å². The fourth-order valence-corrected chi connectivity index (χ4v) is 1.31. The summed E-state index contributed by atoms with van der Waals surface area (Å²) in [6, 6.07) is 0. The quantitative estimate of drug-likeness (QED) is 0.386. The zero-order valence-electron chi connectivity index (χ0n) is 6.96. The van der Waals surface area contributed by atoms with Crippen molar-refractivity contribution in [2.75, 3.05) is 0 Å². The molecule has 0 amide bonds. The van der Waals surface area contributed by atoms with Gasteiger partial charge in [0.25, 0.3) is 0 Å². The van der Waals surface area contributed by atoms with Gasteiger partial charge < -0.3 is 0 Å². The largest absolute Gasteiger partial charge is 1.00 e. The van der Waals surface area contributed by atoms with Gasteiger partial charge in [-0.25, -0.2) is 0 Å². The zero-order chi connectivity index (χ0) is 6.97. The van der Waals surface area contributed by atoms with E-state index in [1.165, 1.54) is 17.8 Å². The Morgan fingerprint density at radius 1 is 0.909 bits per heavy atom. The molecule has 1 saturated carbocycles. The fourth-order valence-electron chi connectivity index (χ4n) is 1.31. The van der Waals surface area contributed by atoms with Crippen molar-refractivity contribution in [1.82, 2.24) is 0 Å². The molecule has 2 aliphatic rings. The normalized spacial score (nSPS) is 25.2. The van der Waals surface area contributed by atoms with E-state index < -0.39 is 0 Å². The Morgan fingerprint density at radius 3 is 1.82 bits per heavy atom. The summed E-state index contributed by atoms with van der Waals surface area (Å²) in [4.78, 5) is 0. The second-order valence-electron chi connectivity index (χ2n) is 2.66. The van der Waals surface area contributed by atoms with E-state index in [1.54, 1.807) is 0 Å². The Kier molecular flexibility index (Phi) is 3.04. The summed E-state index contributed by atoms with van der Waals surface area (Å²) in [5, 5.41) is 0. The first kappa shape index (κ1) is 9.17. The van der Waals surface area contributed by atoms with Crippen LogP contribution in [0.15, 0.2) is 24.3 Å². The monoisotopic (exact) mass is 136 g/mol. The molecule has 0 nitrogen and oxygen atoms in total. The third-order valence-electron chi connectivity index (χ3n) is 1.76. The molecular formula is C10H9Li+. The van der Waals surface area contributed by atoms with Crippen molar-refractivity contribution < 1.29 is 18.9 Å². The van der Waals surface area contributed by atoms with Crippen molar-refractivity contribution in [2.45, 2.75) is 6.92 Å². The summed E-state index contributed by atoms with van der Waals surface area (Å²) in [5.74, 6) is 4.04. The van der Waals surface area contributed by atoms with Crippen LogP contribution in [0.1, 0.15) is 6.92 Å². The van der Waals surface area contributed by atoms with E-state index >= 15 is 0 Å². The summed E-state index contributed by atoms with van der Waals surface area (Å²) in [7, 11) is 0. The van der Waals surface area contributed by atoms with Gasteiger partial charge in [-0.15, -0.1) is 0 Å². The number of rotatable bonds is 0. The Balaban J connectivity index is 0.000000605. The van der Waals surface area contributed by atoms with Crippen LogP contribution in [0, 0.1) is 30.6 Å². The van der Waals surface area contributed by atoms with Gasteiger partial charge in [-0.1, -0.05) is 31.2 Å². The second kappa shape index (κ2) is 3.65. The number of hydrogen-bond donors (Lipinski definition) is 0. The molecule has 0 unspecified atom stereocenters. The SMILES string of the molecule is C[C]1[CH][C]2C=CC=C[C]2[CH]1.[Li+]. The predicted octanol–water partition coefficient (Wildman–Crippen LogP) is -0.718. The number of allylic oxidation sites excluding steroid dienone is 4. The predicted molar refractivity (Wildman–Crippen MR) is 42.3 cm³/mol. The first-order valence-electron chi connectivity index (χ1n) is 3.48. The minimum atomic E-state index is 0. The summed E-state index contributed by atoms with van der Waals surface area (Å²) in [6.45, 7) is 2.12. The van der Waals surface area contributed by atoms with Gasteiger partial charge in [-0.3, -0.25) is 0 Å². The molecule has 11 heavy (non-hydrogen) atoms. The fraction of sp³-hybridized carbons (Fsp3) is 0.100. The molecule has 0 aromatic carbocycles. The van der Waals surface area contributed by atoms with Crippen LogP contribution in [0.3, 0.4) is 0 Å². The van der Waals surface area contributed by atoms with Crippen LogP contribution in [0.5, 0.6) is 0 Å². The molecule has 0 heterocycles. The molecule has 0 bridgehead atoms. The smallest absolute Gasteiger partial charge is 0.0762 e. The molecule has 0 aromatic heterocycles. The van der Waals surface area contributed by atoms with Crippen molar-refractivity contribution in [2.24, 2.45) is 0 Å². The van der Waals surface area contributed by atoms with Gasteiger partial charge in [0, 0.05) is 11.8 Å². The standard InChI is InChI=1S/C10H9.Li/c1-8-6-9-4-2-3-5-10(9)7-8;/h2-7H,1H3;/q;+1. The molecule has 49 valence electrons. The summed E-state index contributed by atoms with van der Waals surface area (Å²) in [5.41, 5.74) is 0. The molecule has 0 spiro atoms. The third-order valence-corrected chi connectivity index (χ3v) is 1.76. The van der Waals surface area contributed by atoms with Crippen LogP contribution in [-0.4, -0.2) is 0 Å². The van der Waals surface area contributed by atoms with Crippen molar-refractivity contribution in [3.8, 4) is 0 Å². The molecule has 0 aliphatic heterocycles. The van der Waals surface area contributed by atoms with Crippen LogP contribution in [0.25, 0.3) is 0 Å². The molecular weight excluding hydrogens is 127 g/mol. The topological polar surface area (TPSA) is 0 Å². The summed E-state index contributed by atoms with van der Waals surface area (Å²) in [6.07, 6.45) is 12.8. The molecule has 0 saturated heterocycles. The van der Waals surface area contributed by atoms with E-state index in [2.05, 4.69) is 44.1 Å². The van der Waals surface area contributed by atoms with Crippen molar-refractivity contribution in [3.63, 3.8) is 0 Å². The van der Waals surface area contributed by atoms with Crippen molar-refractivity contribution in [1.29, 1.82) is 0 Å². The molecule has 0 aromatic rings. The molecule has 0 atom stereocenters. The van der Waals surface area contributed by atoms with Crippen molar-refractivity contribution >= 4 is 0 Å². The summed E-state index contributed by atoms with van der Waals surface area (Å²) >= 11 is 0. The Bertz CT molecular complexity index is 161. The molecule has 5 radical (unpaired) electrons. The maximum atomic E-state index is 2.20. The van der Waals surface area contributed by atoms with E-state index in [4.69, 9.17) is 0 Å². The molecule has 1 fully saturated rings. The van der Waals surface area contributed by atoms with Gasteiger partial charge >= 0.3 is 18.9 Å². The van der Waals surface area contributed by atoms with Gasteiger partial charge in [-0.2, -0.15) is 0 Å². The number of hydrogen-bond acceptors (Lipinski definition) is 0. The Labute approximate surface area is 80.9 Å². The minimum Gasteiger partial charge on any atom is -0.0762 e. The van der Waals surface area contributed by atoms with Crippen LogP contribution in [0.2, 0.25) is 0 Å². The van der Waals surface area contributed by atoms with Crippen LogP contribution >= 0.6 is 0 Å². The second-order valence-corrected chi connectivity index (χ2v) is 2.66. The molecule has 2 aliphatic carbocycles. The van der Waals surface area contributed by atoms with E-state index in [9.17, 15) is 0 Å². The average Bonchev–Trinajstić information content (AvgIpc) is 2.27. The maximum Gasteiger partial charge on any atom is 1.00 e. The van der Waals surface area contributed by atoms with Crippen LogP contribution in [-0.2, 0) is 0 Å². The van der Waals surface area contributed by atoms with E-state index in [0.29, 0.717) is 0 Å². The summed E-state index contributed by atoms with van der Waals surface area (Å²) < 4.78 is 0. The molecule has 0 N–H and O–H groups in total. The van der Waals surface area contributed by atoms with Crippen LogP contribution in [0.4, 0.5) is 0 Å². The molecule has 1 heteroatoms. The van der Waals surface area contributed by atoms with E-state index in [-0.39, 0.29) is 18.9 Å². The van der Waals surface area contributed by atoms with Gasteiger partial charge in [0.1, 0.15) is 0 Å². The number of fused-ring (bicyclic) bond motifs is 1. The van der Waals surface area contributed by atoms with Gasteiger partial charge in [0.05, 0.1) is 0 Å². The van der Waals surface area contributed by atoms with Gasteiger partial charge in [0.15, 0.2) is 0 Å².